The number of hydrogen-bond acceptors (Lipinski definition) is 5. The van der Waals surface area contributed by atoms with E-state index in [2.05, 4.69) is 23.7 Å². The molecule has 1 heterocycles. The second-order valence-electron chi connectivity index (χ2n) is 8.00. The van der Waals surface area contributed by atoms with Crippen LogP contribution in [0.25, 0.3) is 20.9 Å². The number of hydrogen-bond donors (Lipinski definition) is 1. The number of methoxy groups -OCH3 is 1. The molecule has 0 fully saturated rings. The molecule has 1 N–H and O–H groups in total. The van der Waals surface area contributed by atoms with E-state index in [-0.39, 0.29) is 6.04 Å². The smallest absolute Gasteiger partial charge is 0.350 e. The zero-order chi connectivity index (χ0) is 23.5. The van der Waals surface area contributed by atoms with Gasteiger partial charge in [0.2, 0.25) is 0 Å². The predicted octanol–water partition coefficient (Wildman–Crippen LogP) is 6.03. The molecule has 0 radical (unpaired) electrons. The second kappa shape index (κ2) is 9.50. The van der Waals surface area contributed by atoms with Crippen molar-refractivity contribution in [2.45, 2.75) is 25.8 Å². The molecule has 2 amide bonds. The molecule has 7 heteroatoms. The van der Waals surface area contributed by atoms with Gasteiger partial charge >= 0.3 is 12.0 Å². The van der Waals surface area contributed by atoms with Crippen LogP contribution in [0.15, 0.2) is 66.7 Å². The van der Waals surface area contributed by atoms with Gasteiger partial charge in [-0.15, -0.1) is 11.3 Å². The lowest BCUT2D eigenvalue weighted by Crippen LogP contribution is -2.40. The molecule has 0 aliphatic carbocycles. The third-order valence-corrected chi connectivity index (χ3v) is 7.21. The van der Waals surface area contributed by atoms with Gasteiger partial charge in [0, 0.05) is 16.6 Å². The highest BCUT2D eigenvalue weighted by atomic mass is 32.1. The van der Waals surface area contributed by atoms with Crippen LogP contribution in [0.4, 0.5) is 4.79 Å². The lowest BCUT2D eigenvalue weighted by Gasteiger charge is -2.24. The summed E-state index contributed by atoms with van der Waals surface area (Å²) in [7, 11) is 3.31. The third-order valence-electron chi connectivity index (χ3n) is 5.92. The highest BCUT2D eigenvalue weighted by Gasteiger charge is 2.23. The lowest BCUT2D eigenvalue weighted by atomic mass is 9.98. The van der Waals surface area contributed by atoms with E-state index in [1.807, 2.05) is 55.5 Å². The lowest BCUT2D eigenvalue weighted by molar-refractivity contribution is -0.150. The van der Waals surface area contributed by atoms with E-state index in [1.54, 1.807) is 32.4 Å². The molecule has 0 saturated heterocycles. The maximum absolute atomic E-state index is 12.6. The van der Waals surface area contributed by atoms with Crippen molar-refractivity contribution < 1.29 is 19.2 Å². The van der Waals surface area contributed by atoms with Crippen molar-refractivity contribution in [2.24, 2.45) is 0 Å². The maximum atomic E-state index is 12.6. The van der Waals surface area contributed by atoms with Crippen molar-refractivity contribution in [3.8, 4) is 5.75 Å². The highest BCUT2D eigenvalue weighted by Crippen LogP contribution is 2.32. The molecule has 0 aliphatic heterocycles. The van der Waals surface area contributed by atoms with Crippen LogP contribution in [0.5, 0.6) is 5.75 Å². The van der Waals surface area contributed by atoms with Crippen LogP contribution in [0, 0.1) is 0 Å². The molecule has 0 bridgehead atoms. The minimum atomic E-state index is -0.540. The van der Waals surface area contributed by atoms with Crippen molar-refractivity contribution in [3.05, 3.63) is 77.2 Å². The summed E-state index contributed by atoms with van der Waals surface area (Å²) < 4.78 is 6.42. The molecule has 0 spiro atoms. The van der Waals surface area contributed by atoms with Gasteiger partial charge in [-0.2, -0.15) is 5.48 Å². The fourth-order valence-corrected chi connectivity index (χ4v) is 4.76. The number of thiophene rings is 1. The number of carbonyl (C=O) groups is 2. The van der Waals surface area contributed by atoms with E-state index in [9.17, 15) is 9.59 Å². The van der Waals surface area contributed by atoms with Crippen molar-refractivity contribution in [2.75, 3.05) is 14.2 Å². The Morgan fingerprint density at radius 2 is 1.67 bits per heavy atom. The SMILES string of the molecule is COc1ccc2cc(C(C)C(=O)ONC(=O)N(C)[C@H](C)c3cc4ccccc4s3)ccc2c1. The van der Waals surface area contributed by atoms with Crippen molar-refractivity contribution in [1.82, 2.24) is 10.4 Å². The van der Waals surface area contributed by atoms with E-state index >= 15 is 0 Å². The molecule has 0 aliphatic rings. The minimum absolute atomic E-state index is 0.170. The molecule has 1 unspecified atom stereocenters. The summed E-state index contributed by atoms with van der Waals surface area (Å²) in [6, 6.07) is 21.1. The van der Waals surface area contributed by atoms with Crippen LogP contribution < -0.4 is 10.2 Å². The maximum Gasteiger partial charge on any atom is 0.350 e. The van der Waals surface area contributed by atoms with Crippen LogP contribution in [-0.4, -0.2) is 31.1 Å². The van der Waals surface area contributed by atoms with Crippen LogP contribution in [0.2, 0.25) is 0 Å². The van der Waals surface area contributed by atoms with Crippen LogP contribution in [-0.2, 0) is 9.63 Å². The van der Waals surface area contributed by atoms with Gasteiger partial charge in [0.25, 0.3) is 0 Å². The van der Waals surface area contributed by atoms with Gasteiger partial charge in [-0.05, 0) is 59.8 Å². The quantitative estimate of drug-likeness (QED) is 0.368. The number of carbonyl (C=O) groups excluding carboxylic acids is 2. The largest absolute Gasteiger partial charge is 0.497 e. The third kappa shape index (κ3) is 4.78. The van der Waals surface area contributed by atoms with E-state index in [1.165, 1.54) is 9.60 Å². The number of rotatable bonds is 5. The number of hydroxylamine groups is 1. The normalized spacial score (nSPS) is 12.8. The standard InChI is InChI=1S/C26H26N2O4S/c1-16(18-9-10-20-14-22(31-4)12-11-19(20)13-18)25(29)32-27-26(30)28(3)17(2)24-15-21-7-5-6-8-23(21)33-24/h5-17H,1-4H3,(H,27,30)/t16?,17-/m1/s1. The number of fused-ring (bicyclic) bond motifs is 2. The second-order valence-corrected chi connectivity index (χ2v) is 9.11. The summed E-state index contributed by atoms with van der Waals surface area (Å²) in [5.41, 5.74) is 3.10. The summed E-state index contributed by atoms with van der Waals surface area (Å²) >= 11 is 1.64. The zero-order valence-corrected chi connectivity index (χ0v) is 19.8. The topological polar surface area (TPSA) is 67.9 Å². The molecule has 170 valence electrons. The molecular formula is C26H26N2O4S. The Hall–Kier alpha value is -3.58. The predicted molar refractivity (Wildman–Crippen MR) is 132 cm³/mol. The van der Waals surface area contributed by atoms with Gasteiger partial charge in [0.1, 0.15) is 5.75 Å². The number of urea groups is 1. The Labute approximate surface area is 196 Å². The Morgan fingerprint density at radius 1 is 0.939 bits per heavy atom. The number of nitrogens with one attached hydrogen (secondary N) is 1. The minimum Gasteiger partial charge on any atom is -0.497 e. The van der Waals surface area contributed by atoms with Crippen LogP contribution >= 0.6 is 11.3 Å². The summed E-state index contributed by atoms with van der Waals surface area (Å²) in [5, 5.41) is 3.16. The molecule has 3 aromatic carbocycles. The Balaban J connectivity index is 1.37. The summed E-state index contributed by atoms with van der Waals surface area (Å²) in [6.45, 7) is 3.70. The van der Waals surface area contributed by atoms with Gasteiger partial charge in [-0.25, -0.2) is 9.59 Å². The Bertz CT molecular complexity index is 1280. The summed E-state index contributed by atoms with van der Waals surface area (Å²) in [4.78, 5) is 32.9. The Kier molecular flexibility index (Phi) is 6.51. The molecule has 0 saturated carbocycles. The first-order chi connectivity index (χ1) is 15.9. The van der Waals surface area contributed by atoms with Crippen molar-refractivity contribution in [3.63, 3.8) is 0 Å². The fraction of sp³-hybridized carbons (Fsp3) is 0.231. The molecule has 4 rings (SSSR count). The monoisotopic (exact) mass is 462 g/mol. The average molecular weight is 463 g/mol. The van der Waals surface area contributed by atoms with E-state index in [0.29, 0.717) is 0 Å². The molecule has 4 aromatic rings. The molecule has 6 nitrogen and oxygen atoms in total. The van der Waals surface area contributed by atoms with Gasteiger partial charge in [0.05, 0.1) is 19.1 Å². The number of ether oxygens (including phenoxy) is 1. The average Bonchev–Trinajstić information content (AvgIpc) is 3.29. The van der Waals surface area contributed by atoms with E-state index in [4.69, 9.17) is 9.57 Å². The van der Waals surface area contributed by atoms with Gasteiger partial charge < -0.3 is 14.5 Å². The first-order valence-corrected chi connectivity index (χ1v) is 11.5. The number of nitrogens with zero attached hydrogens (tertiary/aromatic N) is 1. The molecule has 33 heavy (non-hydrogen) atoms. The molecular weight excluding hydrogens is 436 g/mol. The van der Waals surface area contributed by atoms with Crippen molar-refractivity contribution in [1.29, 1.82) is 0 Å². The fourth-order valence-electron chi connectivity index (χ4n) is 3.60. The van der Waals surface area contributed by atoms with E-state index < -0.39 is 17.9 Å². The van der Waals surface area contributed by atoms with Crippen LogP contribution in [0.3, 0.4) is 0 Å². The molecule has 1 aromatic heterocycles. The molecule has 2 atom stereocenters. The zero-order valence-electron chi connectivity index (χ0n) is 19.0. The number of amides is 2. The van der Waals surface area contributed by atoms with Gasteiger partial charge in [-0.3, -0.25) is 0 Å². The number of benzene rings is 3. The Morgan fingerprint density at radius 3 is 2.42 bits per heavy atom. The summed E-state index contributed by atoms with van der Waals surface area (Å²) in [5.74, 6) is -0.291. The van der Waals surface area contributed by atoms with Gasteiger partial charge in [0.15, 0.2) is 0 Å². The highest BCUT2D eigenvalue weighted by molar-refractivity contribution is 7.19. The summed E-state index contributed by atoms with van der Waals surface area (Å²) in [6.07, 6.45) is 0. The first-order valence-electron chi connectivity index (χ1n) is 10.7. The van der Waals surface area contributed by atoms with Gasteiger partial charge in [-0.1, -0.05) is 42.5 Å². The van der Waals surface area contributed by atoms with Crippen LogP contribution in [0.1, 0.15) is 36.2 Å². The first kappa shape index (κ1) is 22.6. The van der Waals surface area contributed by atoms with Crippen molar-refractivity contribution >= 4 is 44.2 Å². The van der Waals surface area contributed by atoms with E-state index in [0.717, 1.165) is 32.3 Å².